The molecule has 104 valence electrons. The first-order valence-corrected chi connectivity index (χ1v) is 7.28. The van der Waals surface area contributed by atoms with Crippen molar-refractivity contribution in [3.05, 3.63) is 28.7 Å². The van der Waals surface area contributed by atoms with Crippen LogP contribution in [0.4, 0.5) is 5.69 Å². The Morgan fingerprint density at radius 1 is 1.58 bits per heavy atom. The van der Waals surface area contributed by atoms with Crippen molar-refractivity contribution in [2.45, 2.75) is 18.9 Å². The molecule has 0 radical (unpaired) electrons. The second-order valence-electron chi connectivity index (χ2n) is 5.03. The Kier molecular flexibility index (Phi) is 4.82. The number of carbonyl (C=O) groups is 1. The van der Waals surface area contributed by atoms with E-state index in [1.54, 1.807) is 0 Å². The highest BCUT2D eigenvalue weighted by Gasteiger charge is 2.24. The van der Waals surface area contributed by atoms with Gasteiger partial charge >= 0.3 is 5.97 Å². The van der Waals surface area contributed by atoms with Crippen LogP contribution >= 0.6 is 15.9 Å². The molecule has 19 heavy (non-hydrogen) atoms. The maximum absolute atomic E-state index is 10.8. The van der Waals surface area contributed by atoms with E-state index in [0.29, 0.717) is 6.04 Å². The van der Waals surface area contributed by atoms with Crippen LogP contribution in [0.5, 0.6) is 0 Å². The van der Waals surface area contributed by atoms with Crippen LogP contribution in [0.3, 0.4) is 0 Å². The average molecular weight is 327 g/mol. The third-order valence-electron chi connectivity index (χ3n) is 3.58. The molecule has 0 aliphatic carbocycles. The van der Waals surface area contributed by atoms with Gasteiger partial charge < -0.3 is 10.0 Å². The van der Waals surface area contributed by atoms with Gasteiger partial charge in [-0.1, -0.05) is 22.0 Å². The molecule has 1 aromatic rings. The number of hydrogen-bond acceptors (Lipinski definition) is 3. The number of aliphatic carboxylic acids is 1. The van der Waals surface area contributed by atoms with E-state index in [2.05, 4.69) is 33.0 Å². The van der Waals surface area contributed by atoms with E-state index < -0.39 is 5.97 Å². The molecule has 0 bridgehead atoms. The van der Waals surface area contributed by atoms with E-state index in [1.807, 2.05) is 24.1 Å². The fourth-order valence-corrected chi connectivity index (χ4v) is 2.95. The van der Waals surface area contributed by atoms with E-state index in [1.165, 1.54) is 5.69 Å². The van der Waals surface area contributed by atoms with Gasteiger partial charge in [0, 0.05) is 29.3 Å². The second-order valence-corrected chi connectivity index (χ2v) is 5.95. The van der Waals surface area contributed by atoms with Crippen molar-refractivity contribution in [2.24, 2.45) is 0 Å². The molecule has 1 N–H and O–H groups in total. The Balaban J connectivity index is 2.02. The summed E-state index contributed by atoms with van der Waals surface area (Å²) in [6, 6.07) is 8.57. The summed E-state index contributed by atoms with van der Waals surface area (Å²) in [5.41, 5.74) is 1.20. The highest BCUT2D eigenvalue weighted by molar-refractivity contribution is 9.10. The second kappa shape index (κ2) is 6.39. The van der Waals surface area contributed by atoms with E-state index >= 15 is 0 Å². The normalized spacial score (nSPS) is 19.7. The lowest BCUT2D eigenvalue weighted by Crippen LogP contribution is -2.48. The monoisotopic (exact) mass is 326 g/mol. The van der Waals surface area contributed by atoms with Crippen molar-refractivity contribution < 1.29 is 9.90 Å². The number of benzene rings is 1. The van der Waals surface area contributed by atoms with Crippen molar-refractivity contribution in [1.82, 2.24) is 4.90 Å². The largest absolute Gasteiger partial charge is 0.480 e. The lowest BCUT2D eigenvalue weighted by Gasteiger charge is -2.38. The molecule has 1 aromatic carbocycles. The van der Waals surface area contributed by atoms with Crippen LogP contribution in [0, 0.1) is 0 Å². The molecule has 1 heterocycles. The number of piperidine rings is 1. The Morgan fingerprint density at radius 3 is 3.05 bits per heavy atom. The molecule has 1 unspecified atom stereocenters. The first kappa shape index (κ1) is 14.3. The quantitative estimate of drug-likeness (QED) is 0.922. The van der Waals surface area contributed by atoms with Crippen molar-refractivity contribution >= 4 is 27.6 Å². The molecule has 4 nitrogen and oxygen atoms in total. The molecule has 0 spiro atoms. The van der Waals surface area contributed by atoms with Crippen LogP contribution < -0.4 is 4.90 Å². The summed E-state index contributed by atoms with van der Waals surface area (Å²) in [5, 5.41) is 8.87. The van der Waals surface area contributed by atoms with Gasteiger partial charge in [0.05, 0.1) is 6.54 Å². The Hall–Kier alpha value is -1.07. The first-order valence-electron chi connectivity index (χ1n) is 6.49. The number of rotatable bonds is 4. The fraction of sp³-hybridized carbons (Fsp3) is 0.500. The van der Waals surface area contributed by atoms with Gasteiger partial charge in [0.25, 0.3) is 0 Å². The van der Waals surface area contributed by atoms with Crippen LogP contribution in [0.25, 0.3) is 0 Å². The molecule has 1 atom stereocenters. The highest BCUT2D eigenvalue weighted by Crippen LogP contribution is 2.24. The van der Waals surface area contributed by atoms with Crippen LogP contribution in [-0.2, 0) is 4.79 Å². The molecule has 1 aliphatic heterocycles. The number of anilines is 1. The summed E-state index contributed by atoms with van der Waals surface area (Å²) in [6.45, 7) is 2.03. The minimum atomic E-state index is -0.762. The van der Waals surface area contributed by atoms with Gasteiger partial charge in [-0.25, -0.2) is 0 Å². The molecule has 1 fully saturated rings. The summed E-state index contributed by atoms with van der Waals surface area (Å²) in [5.74, 6) is -0.762. The third kappa shape index (κ3) is 3.94. The van der Waals surface area contributed by atoms with Crippen LogP contribution in [0.15, 0.2) is 28.7 Å². The minimum Gasteiger partial charge on any atom is -0.480 e. The Labute approximate surface area is 122 Å². The lowest BCUT2D eigenvalue weighted by atomic mass is 10.0. The average Bonchev–Trinajstić information content (AvgIpc) is 2.38. The van der Waals surface area contributed by atoms with E-state index in [-0.39, 0.29) is 6.54 Å². The highest BCUT2D eigenvalue weighted by atomic mass is 79.9. The zero-order valence-corrected chi connectivity index (χ0v) is 12.6. The molecule has 0 saturated carbocycles. The molecule has 1 aliphatic rings. The number of nitrogens with zero attached hydrogens (tertiary/aromatic N) is 2. The van der Waals surface area contributed by atoms with E-state index in [0.717, 1.165) is 30.4 Å². The first-order chi connectivity index (χ1) is 9.06. The van der Waals surface area contributed by atoms with Crippen molar-refractivity contribution in [1.29, 1.82) is 0 Å². The fourth-order valence-electron chi connectivity index (χ4n) is 2.56. The molecule has 2 rings (SSSR count). The van der Waals surface area contributed by atoms with Gasteiger partial charge in [-0.05, 0) is 38.1 Å². The van der Waals surface area contributed by atoms with Crippen molar-refractivity contribution in [2.75, 3.05) is 31.6 Å². The zero-order chi connectivity index (χ0) is 13.8. The number of carboxylic acids is 1. The number of carboxylic acid groups (broad SMARTS) is 1. The number of hydrogen-bond donors (Lipinski definition) is 1. The van der Waals surface area contributed by atoms with Crippen molar-refractivity contribution in [3.63, 3.8) is 0 Å². The lowest BCUT2D eigenvalue weighted by molar-refractivity contribution is -0.138. The molecule has 0 amide bonds. The van der Waals surface area contributed by atoms with Gasteiger partial charge in [-0.3, -0.25) is 9.69 Å². The summed E-state index contributed by atoms with van der Waals surface area (Å²) >= 11 is 3.49. The molecule has 5 heteroatoms. The summed E-state index contributed by atoms with van der Waals surface area (Å²) in [4.78, 5) is 15.1. The topological polar surface area (TPSA) is 43.8 Å². The van der Waals surface area contributed by atoms with E-state index in [4.69, 9.17) is 5.11 Å². The smallest absolute Gasteiger partial charge is 0.317 e. The van der Waals surface area contributed by atoms with Crippen molar-refractivity contribution in [3.8, 4) is 0 Å². The number of likely N-dealkylation sites (N-methyl/N-ethyl adjacent to an activating group) is 1. The number of halogens is 1. The van der Waals surface area contributed by atoms with Crippen LogP contribution in [0.1, 0.15) is 12.8 Å². The zero-order valence-electron chi connectivity index (χ0n) is 11.1. The molecular weight excluding hydrogens is 308 g/mol. The summed E-state index contributed by atoms with van der Waals surface area (Å²) in [6.07, 6.45) is 2.16. The maximum atomic E-state index is 10.8. The van der Waals surface area contributed by atoms with Gasteiger partial charge in [0.2, 0.25) is 0 Å². The Morgan fingerprint density at radius 2 is 2.37 bits per heavy atom. The van der Waals surface area contributed by atoms with E-state index in [9.17, 15) is 4.79 Å². The maximum Gasteiger partial charge on any atom is 0.317 e. The molecule has 1 saturated heterocycles. The summed E-state index contributed by atoms with van der Waals surface area (Å²) in [7, 11) is 1.89. The van der Waals surface area contributed by atoms with Crippen LogP contribution in [0.2, 0.25) is 0 Å². The van der Waals surface area contributed by atoms with Gasteiger partial charge in [-0.15, -0.1) is 0 Å². The van der Waals surface area contributed by atoms with Gasteiger partial charge in [0.15, 0.2) is 0 Å². The Bertz CT molecular complexity index is 453. The van der Waals surface area contributed by atoms with Gasteiger partial charge in [0.1, 0.15) is 0 Å². The van der Waals surface area contributed by atoms with Gasteiger partial charge in [-0.2, -0.15) is 0 Å². The van der Waals surface area contributed by atoms with Crippen LogP contribution in [-0.4, -0.2) is 48.7 Å². The summed E-state index contributed by atoms with van der Waals surface area (Å²) < 4.78 is 1.08. The SMILES string of the molecule is CN(CC(=O)O)C1CCCN(c2cccc(Br)c2)C1. The molecular formula is C14H19BrN2O2. The standard InChI is InChI=1S/C14H19BrN2O2/c1-16(10-14(18)19)13-6-3-7-17(9-13)12-5-2-4-11(15)8-12/h2,4-5,8,13H,3,6-7,9-10H2,1H3,(H,18,19). The third-order valence-corrected chi connectivity index (χ3v) is 4.07. The predicted octanol–water partition coefficient (Wildman–Crippen LogP) is 2.43. The minimum absolute atomic E-state index is 0.108. The molecule has 0 aromatic heterocycles. The predicted molar refractivity (Wildman–Crippen MR) is 79.6 cm³/mol.